The summed E-state index contributed by atoms with van der Waals surface area (Å²) in [5.41, 5.74) is 2.60. The average molecular weight is 303 g/mol. The molecule has 3 rings (SSSR count). The molecule has 0 spiro atoms. The Morgan fingerprint density at radius 1 is 1.19 bits per heavy atom. The van der Waals surface area contributed by atoms with Gasteiger partial charge in [0.1, 0.15) is 5.82 Å². The van der Waals surface area contributed by atoms with Gasteiger partial charge in [-0.2, -0.15) is 0 Å². The van der Waals surface area contributed by atoms with Gasteiger partial charge in [-0.1, -0.05) is 12.1 Å². The van der Waals surface area contributed by atoms with E-state index in [0.29, 0.717) is 18.0 Å². The molecule has 1 aliphatic carbocycles. The van der Waals surface area contributed by atoms with Gasteiger partial charge in [0.2, 0.25) is 0 Å². The van der Waals surface area contributed by atoms with Gasteiger partial charge in [-0.3, -0.25) is 0 Å². The van der Waals surface area contributed by atoms with Crippen molar-refractivity contribution in [2.45, 2.75) is 45.7 Å². The molecule has 1 saturated carbocycles. The summed E-state index contributed by atoms with van der Waals surface area (Å²) in [7, 11) is 0. The zero-order valence-corrected chi connectivity index (χ0v) is 13.6. The molecule has 21 heavy (non-hydrogen) atoms. The van der Waals surface area contributed by atoms with E-state index in [-0.39, 0.29) is 5.82 Å². The molecule has 1 aromatic carbocycles. The molecule has 0 bridgehead atoms. The summed E-state index contributed by atoms with van der Waals surface area (Å²) in [4.78, 5) is 2.75. The number of nitrogens with one attached hydrogen (secondary N) is 1. The predicted octanol–water partition coefficient (Wildman–Crippen LogP) is 5.31. The number of hydrogen-bond donors (Lipinski definition) is 1. The molecule has 3 heteroatoms. The van der Waals surface area contributed by atoms with E-state index in [1.807, 2.05) is 23.5 Å². The highest BCUT2D eigenvalue weighted by atomic mass is 32.1. The Balaban J connectivity index is 1.79. The van der Waals surface area contributed by atoms with Crippen LogP contribution in [0.15, 0.2) is 30.3 Å². The lowest BCUT2D eigenvalue weighted by Gasteiger charge is -2.24. The number of aryl methyl sites for hydroxylation is 2. The van der Waals surface area contributed by atoms with Gasteiger partial charge in [-0.05, 0) is 68.9 Å². The van der Waals surface area contributed by atoms with Crippen LogP contribution < -0.4 is 5.32 Å². The summed E-state index contributed by atoms with van der Waals surface area (Å²) < 4.78 is 13.1. The van der Waals surface area contributed by atoms with Crippen molar-refractivity contribution >= 4 is 11.3 Å². The lowest BCUT2D eigenvalue weighted by Crippen LogP contribution is -2.26. The second kappa shape index (κ2) is 5.90. The minimum absolute atomic E-state index is 0.161. The zero-order chi connectivity index (χ0) is 15.0. The van der Waals surface area contributed by atoms with E-state index >= 15 is 0 Å². The molecule has 112 valence electrons. The zero-order valence-electron chi connectivity index (χ0n) is 12.8. The van der Waals surface area contributed by atoms with Crippen molar-refractivity contribution in [1.82, 2.24) is 5.32 Å². The monoisotopic (exact) mass is 303 g/mol. The first kappa shape index (κ1) is 14.7. The van der Waals surface area contributed by atoms with E-state index in [1.165, 1.54) is 33.7 Å². The van der Waals surface area contributed by atoms with Crippen LogP contribution in [0.25, 0.3) is 0 Å². The average Bonchev–Trinajstić information content (AvgIpc) is 3.22. The number of halogens is 1. The fourth-order valence-electron chi connectivity index (χ4n) is 3.04. The third-order valence-electron chi connectivity index (χ3n) is 4.30. The SMILES string of the molecule is Cc1cc(C(C)NC(c2ccc(F)cc2)C2CC2)c(C)s1. The van der Waals surface area contributed by atoms with Gasteiger partial charge >= 0.3 is 0 Å². The van der Waals surface area contributed by atoms with Crippen LogP contribution in [0.2, 0.25) is 0 Å². The summed E-state index contributed by atoms with van der Waals surface area (Å²) in [6.45, 7) is 6.58. The maximum Gasteiger partial charge on any atom is 0.123 e. The number of hydrogen-bond acceptors (Lipinski definition) is 2. The van der Waals surface area contributed by atoms with E-state index in [2.05, 4.69) is 32.2 Å². The molecule has 0 radical (unpaired) electrons. The van der Waals surface area contributed by atoms with Crippen LogP contribution in [-0.2, 0) is 0 Å². The van der Waals surface area contributed by atoms with Crippen molar-refractivity contribution in [3.05, 3.63) is 57.0 Å². The first-order chi connectivity index (χ1) is 10.0. The first-order valence-corrected chi connectivity index (χ1v) is 8.44. The lowest BCUT2D eigenvalue weighted by atomic mass is 9.99. The highest BCUT2D eigenvalue weighted by Crippen LogP contribution is 2.42. The van der Waals surface area contributed by atoms with E-state index < -0.39 is 0 Å². The second-order valence-corrected chi connectivity index (χ2v) is 7.58. The Kier molecular flexibility index (Phi) is 4.14. The van der Waals surface area contributed by atoms with Gasteiger partial charge < -0.3 is 5.32 Å². The van der Waals surface area contributed by atoms with Crippen molar-refractivity contribution in [3.8, 4) is 0 Å². The third-order valence-corrected chi connectivity index (χ3v) is 5.28. The van der Waals surface area contributed by atoms with Crippen molar-refractivity contribution in [1.29, 1.82) is 0 Å². The molecule has 1 heterocycles. The molecule has 2 atom stereocenters. The number of thiophene rings is 1. The maximum absolute atomic E-state index is 13.1. The topological polar surface area (TPSA) is 12.0 Å². The van der Waals surface area contributed by atoms with Gasteiger partial charge in [0.05, 0.1) is 0 Å². The van der Waals surface area contributed by atoms with Gasteiger partial charge in [0.25, 0.3) is 0 Å². The van der Waals surface area contributed by atoms with Crippen molar-refractivity contribution in [2.24, 2.45) is 5.92 Å². The molecule has 1 N–H and O–H groups in total. The van der Waals surface area contributed by atoms with Crippen LogP contribution in [0.1, 0.15) is 52.7 Å². The standard InChI is InChI=1S/C18H22FNS/c1-11-10-17(13(3)21-11)12(2)20-18(14-4-5-14)15-6-8-16(19)9-7-15/h6-10,12,14,18,20H,4-5H2,1-3H3. The van der Waals surface area contributed by atoms with E-state index in [1.54, 1.807) is 12.1 Å². The van der Waals surface area contributed by atoms with Crippen molar-refractivity contribution in [2.75, 3.05) is 0 Å². The van der Waals surface area contributed by atoms with E-state index in [4.69, 9.17) is 0 Å². The van der Waals surface area contributed by atoms with Crippen LogP contribution in [-0.4, -0.2) is 0 Å². The van der Waals surface area contributed by atoms with Crippen molar-refractivity contribution < 1.29 is 4.39 Å². The molecule has 2 aromatic rings. The van der Waals surface area contributed by atoms with Gasteiger partial charge in [-0.25, -0.2) is 4.39 Å². The molecule has 1 nitrogen and oxygen atoms in total. The highest BCUT2D eigenvalue weighted by molar-refractivity contribution is 7.12. The molecule has 1 aliphatic rings. The van der Waals surface area contributed by atoms with Crippen LogP contribution in [0, 0.1) is 25.6 Å². The van der Waals surface area contributed by atoms with Gasteiger partial charge in [0, 0.05) is 21.8 Å². The summed E-state index contributed by atoms with van der Waals surface area (Å²) in [6, 6.07) is 9.92. The van der Waals surface area contributed by atoms with Gasteiger partial charge in [0.15, 0.2) is 0 Å². The Morgan fingerprint density at radius 3 is 2.38 bits per heavy atom. The smallest absolute Gasteiger partial charge is 0.123 e. The summed E-state index contributed by atoms with van der Waals surface area (Å²) in [6.07, 6.45) is 2.53. The largest absolute Gasteiger partial charge is 0.303 e. The van der Waals surface area contributed by atoms with E-state index in [0.717, 1.165) is 0 Å². The third kappa shape index (κ3) is 3.35. The number of rotatable bonds is 5. The molecular weight excluding hydrogens is 281 g/mol. The lowest BCUT2D eigenvalue weighted by molar-refractivity contribution is 0.426. The Morgan fingerprint density at radius 2 is 1.86 bits per heavy atom. The fraction of sp³-hybridized carbons (Fsp3) is 0.444. The van der Waals surface area contributed by atoms with Crippen LogP contribution in [0.4, 0.5) is 4.39 Å². The minimum Gasteiger partial charge on any atom is -0.303 e. The van der Waals surface area contributed by atoms with Crippen molar-refractivity contribution in [3.63, 3.8) is 0 Å². The van der Waals surface area contributed by atoms with Crippen LogP contribution in [0.3, 0.4) is 0 Å². The minimum atomic E-state index is -0.161. The Bertz CT molecular complexity index is 613. The fourth-order valence-corrected chi connectivity index (χ4v) is 4.07. The highest BCUT2D eigenvalue weighted by Gasteiger charge is 2.33. The summed E-state index contributed by atoms with van der Waals surface area (Å²) >= 11 is 1.86. The Hall–Kier alpha value is -1.19. The van der Waals surface area contributed by atoms with E-state index in [9.17, 15) is 4.39 Å². The summed E-state index contributed by atoms with van der Waals surface area (Å²) in [5, 5.41) is 3.77. The quantitative estimate of drug-likeness (QED) is 0.789. The maximum atomic E-state index is 13.1. The van der Waals surface area contributed by atoms with Crippen LogP contribution >= 0.6 is 11.3 Å². The molecule has 0 aliphatic heterocycles. The molecule has 0 amide bonds. The van der Waals surface area contributed by atoms with Gasteiger partial charge in [-0.15, -0.1) is 11.3 Å². The second-order valence-electron chi connectivity index (χ2n) is 6.12. The number of benzene rings is 1. The summed E-state index contributed by atoms with van der Waals surface area (Å²) in [5.74, 6) is 0.531. The first-order valence-electron chi connectivity index (χ1n) is 7.63. The normalized spacial score (nSPS) is 17.7. The predicted molar refractivity (Wildman–Crippen MR) is 87.2 cm³/mol. The van der Waals surface area contributed by atoms with Crippen LogP contribution in [0.5, 0.6) is 0 Å². The molecule has 2 unspecified atom stereocenters. The molecule has 1 fully saturated rings. The molecule has 1 aromatic heterocycles. The Labute approximate surface area is 130 Å². The molecular formula is C18H22FNS. The molecule has 0 saturated heterocycles.